The minimum absolute atomic E-state index is 0.0363. The first-order valence-corrected chi connectivity index (χ1v) is 5.12. The minimum Gasteiger partial charge on any atom is -0.461 e. The van der Waals surface area contributed by atoms with Crippen LogP contribution in [0, 0.1) is 11.6 Å². The van der Waals surface area contributed by atoms with Crippen molar-refractivity contribution in [3.05, 3.63) is 35.6 Å². The zero-order valence-electron chi connectivity index (χ0n) is 9.38. The number of likely N-dealkylation sites (N-methyl/N-ethyl adjacent to an activating group) is 1. The Morgan fingerprint density at radius 3 is 2.71 bits per heavy atom. The van der Waals surface area contributed by atoms with Crippen LogP contribution in [0.25, 0.3) is 11.0 Å². The predicted octanol–water partition coefficient (Wildman–Crippen LogP) is 2.50. The van der Waals surface area contributed by atoms with Crippen LogP contribution in [-0.2, 0) is 0 Å². The Hall–Kier alpha value is -1.75. The Morgan fingerprint density at radius 2 is 2.06 bits per heavy atom. The van der Waals surface area contributed by atoms with Crippen molar-refractivity contribution in [2.45, 2.75) is 13.0 Å². The van der Waals surface area contributed by atoms with Crippen LogP contribution < -0.4 is 5.32 Å². The van der Waals surface area contributed by atoms with Crippen LogP contribution in [0.15, 0.2) is 22.8 Å². The molecule has 2 aromatic rings. The summed E-state index contributed by atoms with van der Waals surface area (Å²) in [4.78, 5) is 11.8. The van der Waals surface area contributed by atoms with Gasteiger partial charge in [0.1, 0.15) is 17.7 Å². The lowest BCUT2D eigenvalue weighted by molar-refractivity contribution is 0.0954. The summed E-state index contributed by atoms with van der Waals surface area (Å²) in [7, 11) is 1.63. The van der Waals surface area contributed by atoms with E-state index in [9.17, 15) is 13.6 Å². The molecule has 0 aliphatic heterocycles. The third kappa shape index (κ3) is 1.93. The molecule has 0 aliphatic rings. The first kappa shape index (κ1) is 11.7. The maximum Gasteiger partial charge on any atom is 0.179 e. The van der Waals surface area contributed by atoms with Crippen molar-refractivity contribution in [2.24, 2.45) is 0 Å². The molecule has 1 unspecified atom stereocenters. The number of hydrogen-bond acceptors (Lipinski definition) is 3. The molecule has 1 atom stereocenters. The van der Waals surface area contributed by atoms with Gasteiger partial charge in [0.05, 0.1) is 11.4 Å². The number of hydrogen-bond donors (Lipinski definition) is 1. The van der Waals surface area contributed by atoms with Crippen molar-refractivity contribution >= 4 is 16.8 Å². The fourth-order valence-electron chi connectivity index (χ4n) is 1.60. The first-order chi connectivity index (χ1) is 8.04. The third-order valence-electron chi connectivity index (χ3n) is 2.69. The zero-order chi connectivity index (χ0) is 12.6. The topological polar surface area (TPSA) is 42.2 Å². The van der Waals surface area contributed by atoms with Crippen molar-refractivity contribution in [1.82, 2.24) is 5.32 Å². The second-order valence-electron chi connectivity index (χ2n) is 3.79. The molecule has 0 fully saturated rings. The molecule has 0 bridgehead atoms. The lowest BCUT2D eigenvalue weighted by Gasteiger charge is -2.08. The average molecular weight is 239 g/mol. The van der Waals surface area contributed by atoms with Gasteiger partial charge in [-0.15, -0.1) is 0 Å². The normalized spacial score (nSPS) is 12.9. The molecule has 1 heterocycles. The zero-order valence-corrected chi connectivity index (χ0v) is 9.38. The molecule has 1 N–H and O–H groups in total. The van der Waals surface area contributed by atoms with Crippen molar-refractivity contribution < 1.29 is 18.0 Å². The van der Waals surface area contributed by atoms with Gasteiger partial charge < -0.3 is 9.73 Å². The molecule has 3 nitrogen and oxygen atoms in total. The maximum absolute atomic E-state index is 13.6. The molecule has 2 rings (SSSR count). The van der Waals surface area contributed by atoms with E-state index < -0.39 is 17.7 Å². The monoisotopic (exact) mass is 239 g/mol. The van der Waals surface area contributed by atoms with Crippen LogP contribution in [0.1, 0.15) is 17.3 Å². The minimum atomic E-state index is -0.791. The molecule has 5 heteroatoms. The van der Waals surface area contributed by atoms with Gasteiger partial charge in [-0.05, 0) is 26.1 Å². The van der Waals surface area contributed by atoms with E-state index in [1.165, 1.54) is 6.07 Å². The quantitative estimate of drug-likeness (QED) is 0.837. The number of carbonyl (C=O) groups excluding carboxylic acids is 1. The van der Waals surface area contributed by atoms with Crippen LogP contribution in [0.2, 0.25) is 0 Å². The van der Waals surface area contributed by atoms with Gasteiger partial charge >= 0.3 is 0 Å². The molecule has 0 spiro atoms. The number of nitrogens with one attached hydrogen (secondary N) is 1. The van der Waals surface area contributed by atoms with E-state index in [-0.39, 0.29) is 22.3 Å². The number of Topliss-reactive ketones (excluding diaryl/α,β-unsaturated/α-hetero) is 1. The average Bonchev–Trinajstić information content (AvgIpc) is 2.69. The Morgan fingerprint density at radius 1 is 1.35 bits per heavy atom. The van der Waals surface area contributed by atoms with Gasteiger partial charge in [-0.1, -0.05) is 0 Å². The van der Waals surface area contributed by atoms with Gasteiger partial charge in [0, 0.05) is 5.56 Å². The van der Waals surface area contributed by atoms with Gasteiger partial charge in [0.25, 0.3) is 0 Å². The molecular formula is C12H11F2NO2. The highest BCUT2D eigenvalue weighted by Gasteiger charge is 2.18. The standard InChI is InChI=1S/C12H11F2NO2/c1-6(15-2)12(16)7-3-8(13)11-9(14)5-17-10(11)4-7/h3-6,15H,1-2H3. The second kappa shape index (κ2) is 4.25. The molecule has 90 valence electrons. The summed E-state index contributed by atoms with van der Waals surface area (Å²) in [5.41, 5.74) is 0.195. The Labute approximate surface area is 96.4 Å². The van der Waals surface area contributed by atoms with Crippen LogP contribution in [0.4, 0.5) is 8.78 Å². The smallest absolute Gasteiger partial charge is 0.179 e. The van der Waals surface area contributed by atoms with E-state index in [0.717, 1.165) is 12.3 Å². The van der Waals surface area contributed by atoms with Crippen molar-refractivity contribution in [3.8, 4) is 0 Å². The lowest BCUT2D eigenvalue weighted by Crippen LogP contribution is -2.30. The molecule has 17 heavy (non-hydrogen) atoms. The Balaban J connectivity index is 2.54. The van der Waals surface area contributed by atoms with Crippen LogP contribution in [0.3, 0.4) is 0 Å². The van der Waals surface area contributed by atoms with E-state index in [1.54, 1.807) is 14.0 Å². The summed E-state index contributed by atoms with van der Waals surface area (Å²) in [6.45, 7) is 1.66. The van der Waals surface area contributed by atoms with E-state index in [0.29, 0.717) is 0 Å². The predicted molar refractivity (Wildman–Crippen MR) is 59.0 cm³/mol. The number of carbonyl (C=O) groups is 1. The molecule has 1 aromatic carbocycles. The number of halogens is 2. The van der Waals surface area contributed by atoms with Gasteiger partial charge in [-0.3, -0.25) is 4.79 Å². The van der Waals surface area contributed by atoms with Gasteiger partial charge in [0.15, 0.2) is 11.6 Å². The number of rotatable bonds is 3. The number of benzene rings is 1. The SMILES string of the molecule is CNC(C)C(=O)c1cc(F)c2c(F)coc2c1. The molecule has 0 amide bonds. The highest BCUT2D eigenvalue weighted by Crippen LogP contribution is 2.25. The van der Waals surface area contributed by atoms with Gasteiger partial charge in [0.2, 0.25) is 0 Å². The van der Waals surface area contributed by atoms with Gasteiger partial charge in [-0.2, -0.15) is 0 Å². The second-order valence-corrected chi connectivity index (χ2v) is 3.79. The Bertz CT molecular complexity index is 577. The summed E-state index contributed by atoms with van der Waals surface area (Å²) in [5.74, 6) is -1.83. The molecule has 0 saturated heterocycles. The van der Waals surface area contributed by atoms with E-state index in [1.807, 2.05) is 0 Å². The molecule has 0 saturated carbocycles. The van der Waals surface area contributed by atoms with E-state index in [4.69, 9.17) is 4.42 Å². The number of ketones is 1. The largest absolute Gasteiger partial charge is 0.461 e. The van der Waals surface area contributed by atoms with Crippen molar-refractivity contribution in [1.29, 1.82) is 0 Å². The lowest BCUT2D eigenvalue weighted by atomic mass is 10.0. The Kier molecular flexibility index (Phi) is 2.93. The fraction of sp³-hybridized carbons (Fsp3) is 0.250. The molecule has 0 radical (unpaired) electrons. The summed E-state index contributed by atoms with van der Waals surface area (Å²) < 4.78 is 31.6. The summed E-state index contributed by atoms with van der Waals surface area (Å²) >= 11 is 0. The highest BCUT2D eigenvalue weighted by atomic mass is 19.1. The van der Waals surface area contributed by atoms with Crippen molar-refractivity contribution in [3.63, 3.8) is 0 Å². The van der Waals surface area contributed by atoms with Gasteiger partial charge in [-0.25, -0.2) is 8.78 Å². The third-order valence-corrected chi connectivity index (χ3v) is 2.69. The van der Waals surface area contributed by atoms with Crippen LogP contribution >= 0.6 is 0 Å². The van der Waals surface area contributed by atoms with E-state index in [2.05, 4.69) is 5.32 Å². The summed E-state index contributed by atoms with van der Waals surface area (Å²) in [6.07, 6.45) is 0.823. The first-order valence-electron chi connectivity index (χ1n) is 5.12. The summed E-state index contributed by atoms with van der Waals surface area (Å²) in [6, 6.07) is 1.93. The number of fused-ring (bicyclic) bond motifs is 1. The fourth-order valence-corrected chi connectivity index (χ4v) is 1.60. The molecule has 0 aliphatic carbocycles. The highest BCUT2D eigenvalue weighted by molar-refractivity contribution is 6.02. The summed E-state index contributed by atoms with van der Waals surface area (Å²) in [5, 5.41) is 2.54. The van der Waals surface area contributed by atoms with Crippen molar-refractivity contribution in [2.75, 3.05) is 7.05 Å². The van der Waals surface area contributed by atoms with Crippen LogP contribution in [-0.4, -0.2) is 18.9 Å². The van der Waals surface area contributed by atoms with Crippen LogP contribution in [0.5, 0.6) is 0 Å². The molecular weight excluding hydrogens is 228 g/mol. The maximum atomic E-state index is 13.6. The van der Waals surface area contributed by atoms with E-state index >= 15 is 0 Å². The number of furan rings is 1. The molecule has 1 aromatic heterocycles.